The molecule has 27 heavy (non-hydrogen) atoms. The van der Waals surface area contributed by atoms with E-state index in [-0.39, 0.29) is 5.76 Å². The van der Waals surface area contributed by atoms with E-state index < -0.39 is 0 Å². The fourth-order valence-electron chi connectivity index (χ4n) is 2.30. The molecule has 0 radical (unpaired) electrons. The molecule has 0 bridgehead atoms. The van der Waals surface area contributed by atoms with Crippen LogP contribution in [0.5, 0.6) is 11.5 Å². The Hall–Kier alpha value is -2.44. The zero-order valence-electron chi connectivity index (χ0n) is 15.8. The maximum atomic E-state index is 9.80. The lowest BCUT2D eigenvalue weighted by Crippen LogP contribution is -2.12. The number of ether oxygens (including phenoxy) is 5. The van der Waals surface area contributed by atoms with Crippen molar-refractivity contribution in [2.45, 2.75) is 13.3 Å². The molecule has 1 aliphatic rings. The first kappa shape index (κ1) is 20.9. The van der Waals surface area contributed by atoms with Crippen molar-refractivity contribution in [1.82, 2.24) is 0 Å². The number of aliphatic hydroxyl groups is 1. The lowest BCUT2D eigenvalue weighted by Gasteiger charge is -2.13. The van der Waals surface area contributed by atoms with Crippen LogP contribution in [0.25, 0.3) is 0 Å². The molecule has 1 aromatic carbocycles. The van der Waals surface area contributed by atoms with Gasteiger partial charge in [0, 0.05) is 13.0 Å². The maximum Gasteiger partial charge on any atom is 0.161 e. The van der Waals surface area contributed by atoms with Crippen LogP contribution in [0.3, 0.4) is 0 Å². The van der Waals surface area contributed by atoms with Crippen LogP contribution in [-0.2, 0) is 14.2 Å². The minimum Gasteiger partial charge on any atom is -0.508 e. The van der Waals surface area contributed by atoms with Gasteiger partial charge in [0.25, 0.3) is 0 Å². The van der Waals surface area contributed by atoms with Crippen molar-refractivity contribution in [3.05, 3.63) is 60.1 Å². The molecule has 0 spiro atoms. The molecule has 0 saturated carbocycles. The first-order chi connectivity index (χ1) is 13.3. The van der Waals surface area contributed by atoms with E-state index in [0.717, 1.165) is 0 Å². The van der Waals surface area contributed by atoms with E-state index in [1.807, 2.05) is 49.4 Å². The van der Waals surface area contributed by atoms with E-state index in [4.69, 9.17) is 23.7 Å². The van der Waals surface area contributed by atoms with Gasteiger partial charge in [-0.25, -0.2) is 0 Å². The largest absolute Gasteiger partial charge is 0.508 e. The van der Waals surface area contributed by atoms with Gasteiger partial charge in [-0.2, -0.15) is 0 Å². The molecule has 0 fully saturated rings. The molecule has 0 saturated heterocycles. The smallest absolute Gasteiger partial charge is 0.161 e. The zero-order valence-corrected chi connectivity index (χ0v) is 15.8. The molecule has 1 N–H and O–H groups in total. The number of benzene rings is 1. The molecule has 2 rings (SSSR count). The molecule has 1 aliphatic carbocycles. The summed E-state index contributed by atoms with van der Waals surface area (Å²) in [5.41, 5.74) is 0. The summed E-state index contributed by atoms with van der Waals surface area (Å²) in [5, 5.41) is 9.80. The molecule has 0 heterocycles. The summed E-state index contributed by atoms with van der Waals surface area (Å²) < 4.78 is 27.7. The van der Waals surface area contributed by atoms with Crippen LogP contribution in [0, 0.1) is 0 Å². The molecule has 6 heteroatoms. The van der Waals surface area contributed by atoms with E-state index in [2.05, 4.69) is 0 Å². The van der Waals surface area contributed by atoms with Gasteiger partial charge in [0.1, 0.15) is 25.6 Å². The summed E-state index contributed by atoms with van der Waals surface area (Å²) >= 11 is 0. The molecule has 0 aromatic heterocycles. The molecule has 1 aromatic rings. The molecule has 0 amide bonds. The quantitative estimate of drug-likeness (QED) is 0.528. The van der Waals surface area contributed by atoms with Gasteiger partial charge in [0.05, 0.1) is 19.8 Å². The Bertz CT molecular complexity index is 635. The first-order valence-corrected chi connectivity index (χ1v) is 9.19. The van der Waals surface area contributed by atoms with Crippen LogP contribution in [0.1, 0.15) is 13.3 Å². The predicted octanol–water partition coefficient (Wildman–Crippen LogP) is 3.80. The van der Waals surface area contributed by atoms with Crippen molar-refractivity contribution in [2.75, 3.05) is 46.2 Å². The summed E-state index contributed by atoms with van der Waals surface area (Å²) in [6.45, 7) is 5.26. The average Bonchev–Trinajstić information content (AvgIpc) is 2.89. The molecule has 0 aliphatic heterocycles. The first-order valence-electron chi connectivity index (χ1n) is 9.19. The van der Waals surface area contributed by atoms with Crippen molar-refractivity contribution in [3.63, 3.8) is 0 Å². The van der Waals surface area contributed by atoms with Crippen LogP contribution < -0.4 is 9.47 Å². The van der Waals surface area contributed by atoms with Gasteiger partial charge in [-0.1, -0.05) is 30.4 Å². The molecular weight excluding hydrogens is 348 g/mol. The SMILES string of the molecule is CCOCCOc1ccccc1OCCOCCOC1=C(O)CC=CC=C1. The normalized spacial score (nSPS) is 13.5. The maximum absolute atomic E-state index is 9.80. The monoisotopic (exact) mass is 376 g/mol. The van der Waals surface area contributed by atoms with Gasteiger partial charge in [0.2, 0.25) is 0 Å². The molecular formula is C21H28O6. The van der Waals surface area contributed by atoms with Gasteiger partial charge in [-0.3, -0.25) is 0 Å². The van der Waals surface area contributed by atoms with Gasteiger partial charge < -0.3 is 28.8 Å². The summed E-state index contributed by atoms with van der Waals surface area (Å²) in [4.78, 5) is 0. The number of para-hydroxylation sites is 2. The van der Waals surface area contributed by atoms with Crippen LogP contribution >= 0.6 is 0 Å². The van der Waals surface area contributed by atoms with Gasteiger partial charge in [-0.15, -0.1) is 0 Å². The Morgan fingerprint density at radius 2 is 1.44 bits per heavy atom. The average molecular weight is 376 g/mol. The molecule has 0 unspecified atom stereocenters. The third-order valence-electron chi connectivity index (χ3n) is 3.60. The third kappa shape index (κ3) is 8.19. The molecule has 148 valence electrons. The van der Waals surface area contributed by atoms with Gasteiger partial charge in [0.15, 0.2) is 17.3 Å². The highest BCUT2D eigenvalue weighted by Crippen LogP contribution is 2.26. The Morgan fingerprint density at radius 3 is 2.11 bits per heavy atom. The van der Waals surface area contributed by atoms with E-state index >= 15 is 0 Å². The van der Waals surface area contributed by atoms with E-state index in [9.17, 15) is 5.11 Å². The fraction of sp³-hybridized carbons (Fsp3) is 0.429. The second-order valence-electron chi connectivity index (χ2n) is 5.60. The van der Waals surface area contributed by atoms with Crippen molar-refractivity contribution in [2.24, 2.45) is 0 Å². The Balaban J connectivity index is 1.60. The minimum absolute atomic E-state index is 0.226. The minimum atomic E-state index is 0.226. The summed E-state index contributed by atoms with van der Waals surface area (Å²) in [6.07, 6.45) is 7.79. The highest BCUT2D eigenvalue weighted by Gasteiger charge is 2.06. The van der Waals surface area contributed by atoms with Crippen molar-refractivity contribution in [3.8, 4) is 11.5 Å². The topological polar surface area (TPSA) is 66.4 Å². The van der Waals surface area contributed by atoms with Crippen molar-refractivity contribution >= 4 is 0 Å². The summed E-state index contributed by atoms with van der Waals surface area (Å²) in [7, 11) is 0. The number of hydrogen-bond donors (Lipinski definition) is 1. The summed E-state index contributed by atoms with van der Waals surface area (Å²) in [5.74, 6) is 2.08. The zero-order chi connectivity index (χ0) is 19.2. The van der Waals surface area contributed by atoms with E-state index in [1.165, 1.54) is 0 Å². The standard InChI is InChI=1S/C21H28O6/c1-2-23-12-15-26-20-10-6-7-11-21(20)27-17-14-24-13-16-25-19-9-5-3-4-8-18(19)22/h3-7,9-11,22H,2,8,12-17H2,1H3. The van der Waals surface area contributed by atoms with Gasteiger partial charge >= 0.3 is 0 Å². The van der Waals surface area contributed by atoms with Crippen LogP contribution in [0.4, 0.5) is 0 Å². The van der Waals surface area contributed by atoms with Crippen LogP contribution in [-0.4, -0.2) is 51.4 Å². The highest BCUT2D eigenvalue weighted by molar-refractivity contribution is 5.39. The van der Waals surface area contributed by atoms with E-state index in [1.54, 1.807) is 6.08 Å². The fourth-order valence-corrected chi connectivity index (χ4v) is 2.30. The van der Waals surface area contributed by atoms with Crippen molar-refractivity contribution < 1.29 is 28.8 Å². The Labute approximate surface area is 160 Å². The van der Waals surface area contributed by atoms with Gasteiger partial charge in [-0.05, 0) is 25.1 Å². The van der Waals surface area contributed by atoms with Crippen LogP contribution in [0.15, 0.2) is 60.1 Å². The Kier molecular flexibility index (Phi) is 9.92. The predicted molar refractivity (Wildman–Crippen MR) is 103 cm³/mol. The number of aliphatic hydroxyl groups excluding tert-OH is 1. The number of hydrogen-bond acceptors (Lipinski definition) is 6. The summed E-state index contributed by atoms with van der Waals surface area (Å²) in [6, 6.07) is 7.53. The van der Waals surface area contributed by atoms with Crippen LogP contribution in [0.2, 0.25) is 0 Å². The van der Waals surface area contributed by atoms with E-state index in [0.29, 0.717) is 69.9 Å². The molecule has 6 nitrogen and oxygen atoms in total. The molecule has 0 atom stereocenters. The number of allylic oxidation sites excluding steroid dienone is 4. The van der Waals surface area contributed by atoms with Crippen molar-refractivity contribution in [1.29, 1.82) is 0 Å². The number of rotatable bonds is 13. The lowest BCUT2D eigenvalue weighted by molar-refractivity contribution is 0.0571. The third-order valence-corrected chi connectivity index (χ3v) is 3.60. The second kappa shape index (κ2) is 12.8. The lowest BCUT2D eigenvalue weighted by atomic mass is 10.3. The highest BCUT2D eigenvalue weighted by atomic mass is 16.6. The second-order valence-corrected chi connectivity index (χ2v) is 5.60. The Morgan fingerprint density at radius 1 is 0.815 bits per heavy atom.